The fraction of sp³-hybridized carbons (Fsp3) is 0.263. The third-order valence-electron chi connectivity index (χ3n) is 10.8. The molecule has 1 saturated heterocycles. The fourth-order valence-corrected chi connectivity index (χ4v) is 11.9. The van der Waals surface area contributed by atoms with E-state index >= 15 is 0 Å². The molecule has 252 valence electrons. The first-order chi connectivity index (χ1) is 24.3. The molecule has 4 unspecified atom stereocenters. The van der Waals surface area contributed by atoms with E-state index in [0.717, 1.165) is 44.0 Å². The molecule has 0 spiro atoms. The number of amides is 3. The van der Waals surface area contributed by atoms with Crippen LogP contribution in [0.4, 0.5) is 11.4 Å². The third-order valence-corrected chi connectivity index (χ3v) is 13.6. The molecule has 3 heterocycles. The van der Waals surface area contributed by atoms with Crippen molar-refractivity contribution in [2.45, 2.75) is 22.6 Å². The molecule has 12 heteroatoms. The Morgan fingerprint density at radius 3 is 2.48 bits per heavy atom. The van der Waals surface area contributed by atoms with Crippen LogP contribution in [-0.4, -0.2) is 41.7 Å². The van der Waals surface area contributed by atoms with Gasteiger partial charge in [0.2, 0.25) is 11.8 Å². The van der Waals surface area contributed by atoms with Crippen LogP contribution in [0.1, 0.15) is 22.8 Å². The van der Waals surface area contributed by atoms with E-state index in [2.05, 4.69) is 10.3 Å². The highest BCUT2D eigenvalue weighted by molar-refractivity contribution is 8.00. The highest BCUT2D eigenvalue weighted by Gasteiger charge is 2.70. The van der Waals surface area contributed by atoms with Gasteiger partial charge in [0.25, 0.3) is 5.91 Å². The number of thioether (sulfide) groups is 1. The van der Waals surface area contributed by atoms with Crippen LogP contribution in [-0.2, 0) is 14.4 Å². The minimum atomic E-state index is -0.465. The third kappa shape index (κ3) is 4.97. The van der Waals surface area contributed by atoms with Crippen LogP contribution in [0.2, 0.25) is 5.02 Å². The SMILES string of the molecule is COc1ccc(N2C(=O)C3C(C2=O)[C@@H]2C[C@H]3C3Sc4[nH]c(=O)sc4[C@H](c4cc(Cl)ccc4OCC(=O)Nc4ccc5ccccc5c4)C32)cc1. The van der Waals surface area contributed by atoms with Crippen molar-refractivity contribution in [1.29, 1.82) is 0 Å². The zero-order valence-electron chi connectivity index (χ0n) is 26.6. The van der Waals surface area contributed by atoms with Crippen LogP contribution in [0.3, 0.4) is 0 Å². The van der Waals surface area contributed by atoms with Gasteiger partial charge in [0.1, 0.15) is 11.5 Å². The number of fused-ring (bicyclic) bond motifs is 10. The topological polar surface area (TPSA) is 118 Å². The van der Waals surface area contributed by atoms with Crippen molar-refractivity contribution < 1.29 is 23.9 Å². The molecular formula is C38H30ClN3O6S2. The van der Waals surface area contributed by atoms with Gasteiger partial charge >= 0.3 is 4.87 Å². The number of nitrogens with zero attached hydrogens (tertiary/aromatic N) is 1. The molecule has 2 bridgehead atoms. The summed E-state index contributed by atoms with van der Waals surface area (Å²) in [5.41, 5.74) is 1.96. The Hall–Kier alpha value is -4.58. The molecule has 3 amide bonds. The normalized spacial score (nSPS) is 26.1. The van der Waals surface area contributed by atoms with Gasteiger partial charge < -0.3 is 19.8 Å². The Bertz CT molecular complexity index is 2270. The molecular weight excluding hydrogens is 694 g/mol. The number of rotatable bonds is 7. The number of aromatic amines is 1. The zero-order chi connectivity index (χ0) is 34.3. The first-order valence-corrected chi connectivity index (χ1v) is 18.5. The predicted octanol–water partition coefficient (Wildman–Crippen LogP) is 6.95. The number of ether oxygens (including phenoxy) is 2. The van der Waals surface area contributed by atoms with Gasteiger partial charge in [-0.2, -0.15) is 0 Å². The van der Waals surface area contributed by atoms with Gasteiger partial charge in [0.05, 0.1) is 29.7 Å². The van der Waals surface area contributed by atoms with Gasteiger partial charge in [-0.15, -0.1) is 11.8 Å². The number of imide groups is 1. The van der Waals surface area contributed by atoms with E-state index in [0.29, 0.717) is 27.9 Å². The molecule has 9 rings (SSSR count). The lowest BCUT2D eigenvalue weighted by Crippen LogP contribution is -2.42. The summed E-state index contributed by atoms with van der Waals surface area (Å²) < 4.78 is 11.5. The van der Waals surface area contributed by atoms with Gasteiger partial charge in [-0.1, -0.05) is 53.3 Å². The van der Waals surface area contributed by atoms with E-state index in [1.165, 1.54) is 4.90 Å². The molecule has 9 nitrogen and oxygen atoms in total. The molecule has 3 fully saturated rings. The zero-order valence-corrected chi connectivity index (χ0v) is 29.0. The van der Waals surface area contributed by atoms with Gasteiger partial charge in [-0.25, -0.2) is 0 Å². The highest BCUT2D eigenvalue weighted by atomic mass is 35.5. The lowest BCUT2D eigenvalue weighted by Gasteiger charge is -2.43. The largest absolute Gasteiger partial charge is 0.497 e. The van der Waals surface area contributed by atoms with Gasteiger partial charge in [-0.3, -0.25) is 24.1 Å². The van der Waals surface area contributed by atoms with E-state index in [-0.39, 0.29) is 58.1 Å². The molecule has 4 aromatic carbocycles. The fourth-order valence-electron chi connectivity index (χ4n) is 8.85. The Balaban J connectivity index is 1.03. The number of anilines is 2. The van der Waals surface area contributed by atoms with Crippen LogP contribution < -0.4 is 24.6 Å². The number of carbonyl (C=O) groups excluding carboxylic acids is 3. The minimum absolute atomic E-state index is 0.0143. The molecule has 0 radical (unpaired) electrons. The summed E-state index contributed by atoms with van der Waals surface area (Å²) in [6, 6.07) is 26.0. The standard InChI is InChI=1S/C38H30ClN3O6S2/c1-47-23-11-9-22(10-12-23)42-36(44)31-25-16-26(32(31)37(42)45)33-30(25)29(34-35(49-33)41-38(46)50-34)24-15-20(39)7-13-27(24)48-17-28(43)40-21-8-6-18-4-2-3-5-19(18)14-21/h2-15,25-26,29-33H,16-17H2,1H3,(H,40,43)(H,41,46)/t25-,26-,29-,30?,31?,32?,33?/m1/s1. The maximum atomic E-state index is 14.2. The molecule has 2 saturated carbocycles. The molecule has 7 atom stereocenters. The van der Waals surface area contributed by atoms with E-state index in [1.807, 2.05) is 48.5 Å². The summed E-state index contributed by atoms with van der Waals surface area (Å²) in [4.78, 5) is 59.2. The monoisotopic (exact) mass is 723 g/mol. The second-order valence-electron chi connectivity index (χ2n) is 13.3. The van der Waals surface area contributed by atoms with Crippen molar-refractivity contribution in [3.8, 4) is 11.5 Å². The summed E-state index contributed by atoms with van der Waals surface area (Å²) in [6.45, 7) is -0.242. The van der Waals surface area contributed by atoms with Gasteiger partial charge in [0.15, 0.2) is 6.61 Å². The molecule has 2 aliphatic carbocycles. The van der Waals surface area contributed by atoms with Gasteiger partial charge in [0, 0.05) is 32.3 Å². The van der Waals surface area contributed by atoms with Crippen LogP contribution in [0.25, 0.3) is 10.8 Å². The van der Waals surface area contributed by atoms with E-state index in [1.54, 1.807) is 55.3 Å². The first kappa shape index (κ1) is 31.4. The molecule has 5 aromatic rings. The Morgan fingerprint density at radius 1 is 0.940 bits per heavy atom. The summed E-state index contributed by atoms with van der Waals surface area (Å²) in [5.74, 6) is -0.962. The van der Waals surface area contributed by atoms with Crippen LogP contribution >= 0.6 is 34.7 Å². The number of carbonyl (C=O) groups is 3. The Kier molecular flexibility index (Phi) is 7.56. The van der Waals surface area contributed by atoms with Crippen molar-refractivity contribution >= 4 is 74.6 Å². The number of H-pyrrole nitrogens is 1. The molecule has 4 aliphatic rings. The molecule has 2 N–H and O–H groups in total. The second-order valence-corrected chi connectivity index (χ2v) is 15.9. The number of benzene rings is 4. The Morgan fingerprint density at radius 2 is 1.70 bits per heavy atom. The average molecular weight is 724 g/mol. The first-order valence-electron chi connectivity index (χ1n) is 16.4. The van der Waals surface area contributed by atoms with Crippen molar-refractivity contribution in [2.24, 2.45) is 29.6 Å². The van der Waals surface area contributed by atoms with Gasteiger partial charge in [-0.05, 0) is 89.5 Å². The lowest BCUT2D eigenvalue weighted by atomic mass is 9.68. The highest BCUT2D eigenvalue weighted by Crippen LogP contribution is 2.69. The number of thiazole rings is 1. The smallest absolute Gasteiger partial charge is 0.305 e. The van der Waals surface area contributed by atoms with Crippen molar-refractivity contribution in [3.63, 3.8) is 0 Å². The quantitative estimate of drug-likeness (QED) is 0.175. The summed E-state index contributed by atoms with van der Waals surface area (Å²) >= 11 is 9.39. The van der Waals surface area contributed by atoms with Crippen molar-refractivity contribution in [3.05, 3.63) is 110 Å². The number of halogens is 1. The van der Waals surface area contributed by atoms with Crippen LogP contribution in [0, 0.1) is 29.6 Å². The predicted molar refractivity (Wildman–Crippen MR) is 194 cm³/mol. The van der Waals surface area contributed by atoms with E-state index < -0.39 is 11.8 Å². The number of hydrogen-bond acceptors (Lipinski definition) is 8. The number of hydrogen-bond donors (Lipinski definition) is 2. The number of nitrogens with one attached hydrogen (secondary N) is 2. The average Bonchev–Trinajstić information content (AvgIpc) is 3.86. The van der Waals surface area contributed by atoms with Crippen LogP contribution in [0.15, 0.2) is 94.7 Å². The maximum absolute atomic E-state index is 14.2. The van der Waals surface area contributed by atoms with Crippen molar-refractivity contribution in [1.82, 2.24) is 4.98 Å². The summed E-state index contributed by atoms with van der Waals surface area (Å²) in [5, 5.41) is 6.28. The molecule has 1 aromatic heterocycles. The summed E-state index contributed by atoms with van der Waals surface area (Å²) in [6.07, 6.45) is 0.742. The lowest BCUT2D eigenvalue weighted by molar-refractivity contribution is -0.123. The van der Waals surface area contributed by atoms with E-state index in [9.17, 15) is 19.2 Å². The second kappa shape index (κ2) is 12.0. The van der Waals surface area contributed by atoms with Crippen molar-refractivity contribution in [2.75, 3.05) is 23.9 Å². The number of aromatic nitrogens is 1. The maximum Gasteiger partial charge on any atom is 0.305 e. The van der Waals surface area contributed by atoms with Crippen LogP contribution in [0.5, 0.6) is 11.5 Å². The van der Waals surface area contributed by atoms with E-state index in [4.69, 9.17) is 21.1 Å². The summed E-state index contributed by atoms with van der Waals surface area (Å²) in [7, 11) is 1.57. The molecule has 50 heavy (non-hydrogen) atoms. The molecule has 2 aliphatic heterocycles. The Labute approximate surface area is 299 Å². The number of methoxy groups -OCH3 is 1. The minimum Gasteiger partial charge on any atom is -0.497 e.